The van der Waals surface area contributed by atoms with Crippen molar-refractivity contribution in [3.05, 3.63) is 87.0 Å². The van der Waals surface area contributed by atoms with E-state index in [1.165, 1.54) is 27.9 Å². The third-order valence-electron chi connectivity index (χ3n) is 7.51. The fourth-order valence-electron chi connectivity index (χ4n) is 5.80. The molecule has 0 amide bonds. The molecule has 41 heavy (non-hydrogen) atoms. The Morgan fingerprint density at radius 2 is 1.88 bits per heavy atom. The molecule has 3 aliphatic rings. The number of aromatic nitrogens is 1. The Labute approximate surface area is 235 Å². The first-order valence-electron chi connectivity index (χ1n) is 13.1. The second-order valence-corrected chi connectivity index (χ2v) is 12.4. The van der Waals surface area contributed by atoms with Crippen LogP contribution in [0.1, 0.15) is 31.4 Å². The highest BCUT2D eigenvalue weighted by Gasteiger charge is 2.52. The monoisotopic (exact) mass is 585 g/mol. The van der Waals surface area contributed by atoms with E-state index in [2.05, 4.69) is 5.32 Å². The van der Waals surface area contributed by atoms with Crippen LogP contribution in [0.5, 0.6) is 0 Å². The number of anilines is 1. The summed E-state index contributed by atoms with van der Waals surface area (Å²) in [6.07, 6.45) is 5.77. The topological polar surface area (TPSA) is 115 Å². The molecule has 1 N–H and O–H groups in total. The van der Waals surface area contributed by atoms with E-state index in [1.54, 1.807) is 33.0 Å². The fourth-order valence-corrected chi connectivity index (χ4v) is 6.60. The smallest absolute Gasteiger partial charge is 0.313 e. The molecule has 0 saturated carbocycles. The highest BCUT2D eigenvalue weighted by Crippen LogP contribution is 2.48. The first-order valence-corrected chi connectivity index (χ1v) is 15.2. The fraction of sp³-hybridized carbons (Fsp3) is 0.345. The lowest BCUT2D eigenvalue weighted by Gasteiger charge is -2.41. The molecule has 2 aliphatic heterocycles. The molecule has 12 heteroatoms. The SMILES string of the molecule is CCOC(=O)C1C(C(=O)CC)NC2=C3C(=CN(c4ccc(F)cc4F)C31)C=C(CS(C)(=O)=O)c1ccn(C)c(=O)c12. The van der Waals surface area contributed by atoms with E-state index in [4.69, 9.17) is 4.74 Å². The summed E-state index contributed by atoms with van der Waals surface area (Å²) >= 11 is 0. The second kappa shape index (κ2) is 10.4. The highest BCUT2D eigenvalue weighted by atomic mass is 32.2. The van der Waals surface area contributed by atoms with Crippen LogP contribution in [-0.2, 0) is 31.2 Å². The third kappa shape index (κ3) is 4.90. The van der Waals surface area contributed by atoms with Gasteiger partial charge in [0.1, 0.15) is 23.6 Å². The lowest BCUT2D eigenvalue weighted by atomic mass is 9.78. The molecular weight excluding hydrogens is 556 g/mol. The van der Waals surface area contributed by atoms with Crippen LogP contribution in [-0.4, -0.2) is 55.4 Å². The number of carbonyl (C=O) groups is 2. The van der Waals surface area contributed by atoms with Crippen LogP contribution >= 0.6 is 0 Å². The largest absolute Gasteiger partial charge is 0.466 e. The maximum Gasteiger partial charge on any atom is 0.313 e. The number of nitrogens with zero attached hydrogens (tertiary/aromatic N) is 2. The van der Waals surface area contributed by atoms with E-state index in [0.717, 1.165) is 12.3 Å². The van der Waals surface area contributed by atoms with Crippen LogP contribution in [0, 0.1) is 17.6 Å². The molecule has 1 aromatic heterocycles. The number of halogens is 2. The number of rotatable bonds is 7. The molecule has 216 valence electrons. The van der Waals surface area contributed by atoms with Crippen LogP contribution in [0.25, 0.3) is 11.3 Å². The van der Waals surface area contributed by atoms with Crippen LogP contribution in [0.4, 0.5) is 14.5 Å². The molecule has 0 saturated heterocycles. The number of pyridine rings is 1. The van der Waals surface area contributed by atoms with Gasteiger partial charge in [0.25, 0.3) is 5.56 Å². The molecule has 0 fully saturated rings. The summed E-state index contributed by atoms with van der Waals surface area (Å²) in [4.78, 5) is 42.0. The standard InChI is InChI=1S/C29H29F2N3O6S/c1-5-21(35)25-24(29(37)40-6-2)27-22-15(13-34(27)20-8-7-17(30)12-19(20)31)11-16(14-41(4,38)39)18-9-10-33(3)28(36)23(18)26(22)32-25/h7-13,24-25,27,32H,5-6,14H2,1-4H3. The number of allylic oxidation sites excluding steroid dienone is 1. The van der Waals surface area contributed by atoms with Gasteiger partial charge in [-0.25, -0.2) is 17.2 Å². The molecule has 0 radical (unpaired) electrons. The Morgan fingerprint density at radius 1 is 1.15 bits per heavy atom. The average molecular weight is 586 g/mol. The zero-order chi connectivity index (χ0) is 29.8. The number of aryl methyl sites for hydroxylation is 1. The van der Waals surface area contributed by atoms with Crippen molar-refractivity contribution in [3.63, 3.8) is 0 Å². The number of ether oxygens (including phenoxy) is 1. The molecule has 0 spiro atoms. The van der Waals surface area contributed by atoms with Crippen molar-refractivity contribution in [2.24, 2.45) is 13.0 Å². The van der Waals surface area contributed by atoms with Gasteiger partial charge in [-0.05, 0) is 47.9 Å². The number of hydrogen-bond donors (Lipinski definition) is 1. The number of nitrogens with one attached hydrogen (secondary N) is 1. The number of benzene rings is 1. The van der Waals surface area contributed by atoms with Crippen molar-refractivity contribution in [2.45, 2.75) is 32.4 Å². The molecule has 5 rings (SSSR count). The molecule has 3 atom stereocenters. The Kier molecular flexibility index (Phi) is 7.22. The van der Waals surface area contributed by atoms with Gasteiger partial charge in [-0.3, -0.25) is 14.4 Å². The summed E-state index contributed by atoms with van der Waals surface area (Å²) in [5, 5.41) is 3.15. The van der Waals surface area contributed by atoms with Gasteiger partial charge < -0.3 is 19.5 Å². The number of ketones is 1. The van der Waals surface area contributed by atoms with Crippen molar-refractivity contribution in [3.8, 4) is 0 Å². The highest BCUT2D eigenvalue weighted by molar-refractivity contribution is 7.91. The summed E-state index contributed by atoms with van der Waals surface area (Å²) < 4.78 is 60.8. The van der Waals surface area contributed by atoms with E-state index in [0.29, 0.717) is 28.3 Å². The van der Waals surface area contributed by atoms with Crippen LogP contribution < -0.4 is 15.8 Å². The normalized spacial score (nSPS) is 21.3. The first-order chi connectivity index (χ1) is 19.4. The molecule has 0 bridgehead atoms. The van der Waals surface area contributed by atoms with Gasteiger partial charge >= 0.3 is 5.97 Å². The lowest BCUT2D eigenvalue weighted by Crippen LogP contribution is -2.58. The lowest BCUT2D eigenvalue weighted by molar-refractivity contribution is -0.151. The maximum atomic E-state index is 15.3. The minimum atomic E-state index is -3.58. The zero-order valence-electron chi connectivity index (χ0n) is 22.9. The molecule has 9 nitrogen and oxygen atoms in total. The van der Waals surface area contributed by atoms with E-state index < -0.39 is 56.8 Å². The van der Waals surface area contributed by atoms with Gasteiger partial charge in [0.05, 0.1) is 35.3 Å². The van der Waals surface area contributed by atoms with Gasteiger partial charge in [-0.15, -0.1) is 0 Å². The second-order valence-electron chi connectivity index (χ2n) is 10.3. The average Bonchev–Trinajstić information content (AvgIpc) is 3.20. The van der Waals surface area contributed by atoms with E-state index in [1.807, 2.05) is 0 Å². The minimum absolute atomic E-state index is 0.0218. The number of carbonyl (C=O) groups excluding carboxylic acids is 2. The summed E-state index contributed by atoms with van der Waals surface area (Å²) in [6, 6.07) is 2.45. The predicted octanol–water partition coefficient (Wildman–Crippen LogP) is 2.72. The van der Waals surface area contributed by atoms with Gasteiger partial charge in [0.15, 0.2) is 15.6 Å². The summed E-state index contributed by atoms with van der Waals surface area (Å²) in [6.45, 7) is 3.28. The van der Waals surface area contributed by atoms with Gasteiger partial charge in [0.2, 0.25) is 0 Å². The number of esters is 1. The zero-order valence-corrected chi connectivity index (χ0v) is 23.7. The van der Waals surface area contributed by atoms with Crippen LogP contribution in [0.3, 0.4) is 0 Å². The Balaban J connectivity index is 1.88. The molecular formula is C29H29F2N3O6S. The van der Waals surface area contributed by atoms with Gasteiger partial charge in [0, 0.05) is 43.8 Å². The molecule has 3 heterocycles. The van der Waals surface area contributed by atoms with Crippen molar-refractivity contribution < 1.29 is 31.5 Å². The summed E-state index contributed by atoms with van der Waals surface area (Å²) in [5.41, 5.74) is 1.34. The van der Waals surface area contributed by atoms with Crippen molar-refractivity contribution in [1.29, 1.82) is 0 Å². The van der Waals surface area contributed by atoms with Crippen molar-refractivity contribution in [2.75, 3.05) is 23.5 Å². The van der Waals surface area contributed by atoms with Crippen molar-refractivity contribution in [1.82, 2.24) is 9.88 Å². The number of hydrogen-bond acceptors (Lipinski definition) is 8. The molecule has 2 aromatic rings. The summed E-state index contributed by atoms with van der Waals surface area (Å²) in [7, 11) is -2.04. The summed E-state index contributed by atoms with van der Waals surface area (Å²) in [5.74, 6) is -4.34. The predicted molar refractivity (Wildman–Crippen MR) is 149 cm³/mol. The molecule has 3 unspecified atom stereocenters. The number of Topliss-reactive ketones (excluding diaryl/α,β-unsaturated/α-hetero) is 1. The molecule has 1 aromatic carbocycles. The van der Waals surface area contributed by atoms with Crippen molar-refractivity contribution >= 4 is 38.5 Å². The Morgan fingerprint density at radius 3 is 2.51 bits per heavy atom. The quantitative estimate of drug-likeness (QED) is 0.494. The number of fused-ring (bicyclic) bond motifs is 2. The van der Waals surface area contributed by atoms with E-state index in [9.17, 15) is 27.2 Å². The van der Waals surface area contributed by atoms with Gasteiger partial charge in [-0.2, -0.15) is 0 Å². The van der Waals surface area contributed by atoms with Gasteiger partial charge in [-0.1, -0.05) is 6.92 Å². The molecule has 1 aliphatic carbocycles. The van der Waals surface area contributed by atoms with Crippen LogP contribution in [0.2, 0.25) is 0 Å². The maximum absolute atomic E-state index is 15.3. The van der Waals surface area contributed by atoms with E-state index in [-0.39, 0.29) is 35.8 Å². The number of sulfone groups is 1. The van der Waals surface area contributed by atoms with E-state index >= 15 is 4.39 Å². The Bertz CT molecular complexity index is 1740. The van der Waals surface area contributed by atoms with Crippen LogP contribution in [0.15, 0.2) is 58.7 Å². The third-order valence-corrected chi connectivity index (χ3v) is 8.34. The Hall–Kier alpha value is -4.06. The first kappa shape index (κ1) is 28.5. The minimum Gasteiger partial charge on any atom is -0.466 e.